The van der Waals surface area contributed by atoms with E-state index in [0.29, 0.717) is 12.1 Å². The molecule has 0 aromatic carbocycles. The third-order valence-electron chi connectivity index (χ3n) is 2.55. The van der Waals surface area contributed by atoms with Crippen molar-refractivity contribution in [3.63, 3.8) is 0 Å². The summed E-state index contributed by atoms with van der Waals surface area (Å²) in [6, 6.07) is 3.43. The van der Waals surface area contributed by atoms with Crippen LogP contribution < -0.4 is 5.32 Å². The molecule has 1 aliphatic rings. The number of nitrogens with one attached hydrogen (secondary N) is 1. The Kier molecular flexibility index (Phi) is 3.52. The van der Waals surface area contributed by atoms with E-state index < -0.39 is 0 Å². The van der Waals surface area contributed by atoms with Crippen molar-refractivity contribution in [2.45, 2.75) is 39.8 Å². The molecule has 0 aromatic rings. The molecule has 3 heteroatoms. The highest BCUT2D eigenvalue weighted by molar-refractivity contribution is 4.95. The van der Waals surface area contributed by atoms with E-state index in [1.54, 1.807) is 0 Å². The third-order valence-corrected chi connectivity index (χ3v) is 2.55. The Morgan fingerprint density at radius 3 is 2.29 bits per heavy atom. The first-order chi connectivity index (χ1) is 6.43. The highest BCUT2D eigenvalue weighted by Gasteiger charge is 2.26. The molecule has 80 valence electrons. The molecule has 1 aliphatic heterocycles. The van der Waals surface area contributed by atoms with E-state index in [-0.39, 0.29) is 5.41 Å². The van der Waals surface area contributed by atoms with Gasteiger partial charge in [0.25, 0.3) is 0 Å². The number of rotatable bonds is 2. The number of nitrogens with zero attached hydrogens (tertiary/aromatic N) is 2. The molecule has 0 radical (unpaired) electrons. The monoisotopic (exact) mass is 195 g/mol. The summed E-state index contributed by atoms with van der Waals surface area (Å²) >= 11 is 0. The zero-order valence-corrected chi connectivity index (χ0v) is 9.67. The smallest absolute Gasteiger partial charge is 0.0697 e. The summed E-state index contributed by atoms with van der Waals surface area (Å²) in [4.78, 5) is 2.38. The molecule has 1 fully saturated rings. The van der Waals surface area contributed by atoms with Crippen molar-refractivity contribution in [3.05, 3.63) is 0 Å². The van der Waals surface area contributed by atoms with Crippen molar-refractivity contribution in [1.29, 1.82) is 5.26 Å². The summed E-state index contributed by atoms with van der Waals surface area (Å²) < 4.78 is 0. The van der Waals surface area contributed by atoms with Gasteiger partial charge in [0.2, 0.25) is 0 Å². The standard InChI is InChI=1S/C11H21N3/c1-9-5-14(6-10(2)13-9)8-11(3,4)7-12/h9-10,13H,5-6,8H2,1-4H3. The van der Waals surface area contributed by atoms with Gasteiger partial charge in [-0.1, -0.05) is 0 Å². The predicted molar refractivity (Wildman–Crippen MR) is 57.9 cm³/mol. The molecule has 3 nitrogen and oxygen atoms in total. The average molecular weight is 195 g/mol. The van der Waals surface area contributed by atoms with Gasteiger partial charge in [-0.3, -0.25) is 4.90 Å². The van der Waals surface area contributed by atoms with Crippen LogP contribution in [0.2, 0.25) is 0 Å². The van der Waals surface area contributed by atoms with Gasteiger partial charge in [-0.2, -0.15) is 5.26 Å². The summed E-state index contributed by atoms with van der Waals surface area (Å²) in [7, 11) is 0. The van der Waals surface area contributed by atoms with Gasteiger partial charge >= 0.3 is 0 Å². The summed E-state index contributed by atoms with van der Waals surface area (Å²) in [5.41, 5.74) is -0.225. The number of piperazine rings is 1. The zero-order chi connectivity index (χ0) is 10.8. The van der Waals surface area contributed by atoms with E-state index in [0.717, 1.165) is 19.6 Å². The normalized spacial score (nSPS) is 29.9. The lowest BCUT2D eigenvalue weighted by molar-refractivity contribution is 0.141. The first-order valence-corrected chi connectivity index (χ1v) is 5.32. The Bertz CT molecular complexity index is 219. The van der Waals surface area contributed by atoms with Gasteiger partial charge in [-0.05, 0) is 27.7 Å². The van der Waals surface area contributed by atoms with Gasteiger partial charge in [0, 0.05) is 31.7 Å². The zero-order valence-electron chi connectivity index (χ0n) is 9.67. The fraction of sp³-hybridized carbons (Fsp3) is 0.909. The lowest BCUT2D eigenvalue weighted by Gasteiger charge is -2.38. The van der Waals surface area contributed by atoms with Crippen LogP contribution in [-0.4, -0.2) is 36.6 Å². The maximum atomic E-state index is 8.96. The Balaban J connectivity index is 2.49. The highest BCUT2D eigenvalue weighted by atomic mass is 15.2. The maximum absolute atomic E-state index is 8.96. The molecule has 0 saturated carbocycles. The minimum absolute atomic E-state index is 0.225. The molecule has 14 heavy (non-hydrogen) atoms. The molecule has 1 rings (SSSR count). The van der Waals surface area contributed by atoms with Crippen molar-refractivity contribution in [1.82, 2.24) is 10.2 Å². The van der Waals surface area contributed by atoms with Crippen LogP contribution in [0.1, 0.15) is 27.7 Å². The fourth-order valence-corrected chi connectivity index (χ4v) is 2.16. The number of nitriles is 1. The van der Waals surface area contributed by atoms with Crippen molar-refractivity contribution in [2.75, 3.05) is 19.6 Å². The van der Waals surface area contributed by atoms with E-state index in [4.69, 9.17) is 5.26 Å². The third kappa shape index (κ3) is 3.28. The van der Waals surface area contributed by atoms with Gasteiger partial charge in [-0.25, -0.2) is 0 Å². The molecule has 1 N–H and O–H groups in total. The van der Waals surface area contributed by atoms with Crippen LogP contribution >= 0.6 is 0 Å². The predicted octanol–water partition coefficient (Wildman–Crippen LogP) is 1.22. The lowest BCUT2D eigenvalue weighted by Crippen LogP contribution is -2.55. The second kappa shape index (κ2) is 4.29. The second-order valence-corrected chi connectivity index (χ2v) is 5.16. The molecular formula is C11H21N3. The van der Waals surface area contributed by atoms with Crippen LogP contribution in [0.5, 0.6) is 0 Å². The quantitative estimate of drug-likeness (QED) is 0.720. The minimum atomic E-state index is -0.225. The van der Waals surface area contributed by atoms with Crippen LogP contribution in [-0.2, 0) is 0 Å². The molecule has 0 bridgehead atoms. The largest absolute Gasteiger partial charge is 0.309 e. The topological polar surface area (TPSA) is 39.1 Å². The maximum Gasteiger partial charge on any atom is 0.0697 e. The van der Waals surface area contributed by atoms with E-state index in [9.17, 15) is 0 Å². The van der Waals surface area contributed by atoms with Gasteiger partial charge in [0.15, 0.2) is 0 Å². The van der Waals surface area contributed by atoms with Crippen molar-refractivity contribution < 1.29 is 0 Å². The van der Waals surface area contributed by atoms with Gasteiger partial charge in [-0.15, -0.1) is 0 Å². The summed E-state index contributed by atoms with van der Waals surface area (Å²) in [5.74, 6) is 0. The number of hydrogen-bond acceptors (Lipinski definition) is 3. The summed E-state index contributed by atoms with van der Waals surface area (Å²) in [5, 5.41) is 12.5. The minimum Gasteiger partial charge on any atom is -0.309 e. The molecule has 1 saturated heterocycles. The average Bonchev–Trinajstić information content (AvgIpc) is 2.01. The molecule has 2 atom stereocenters. The molecule has 2 unspecified atom stereocenters. The molecule has 1 heterocycles. The number of hydrogen-bond donors (Lipinski definition) is 1. The molecule has 0 amide bonds. The van der Waals surface area contributed by atoms with Crippen LogP contribution in [0.3, 0.4) is 0 Å². The van der Waals surface area contributed by atoms with E-state index >= 15 is 0 Å². The SMILES string of the molecule is CC1CN(CC(C)(C)C#N)CC(C)N1. The fourth-order valence-electron chi connectivity index (χ4n) is 2.16. The second-order valence-electron chi connectivity index (χ2n) is 5.16. The van der Waals surface area contributed by atoms with Crippen LogP contribution in [0, 0.1) is 16.7 Å². The van der Waals surface area contributed by atoms with Crippen molar-refractivity contribution >= 4 is 0 Å². The Morgan fingerprint density at radius 1 is 1.36 bits per heavy atom. The van der Waals surface area contributed by atoms with Gasteiger partial charge in [0.1, 0.15) is 0 Å². The van der Waals surface area contributed by atoms with E-state index in [2.05, 4.69) is 30.1 Å². The van der Waals surface area contributed by atoms with Gasteiger partial charge < -0.3 is 5.32 Å². The van der Waals surface area contributed by atoms with E-state index in [1.807, 2.05) is 13.8 Å². The van der Waals surface area contributed by atoms with Crippen LogP contribution in [0.25, 0.3) is 0 Å². The lowest BCUT2D eigenvalue weighted by atomic mass is 9.94. The van der Waals surface area contributed by atoms with Crippen molar-refractivity contribution in [2.24, 2.45) is 5.41 Å². The summed E-state index contributed by atoms with van der Waals surface area (Å²) in [6.07, 6.45) is 0. The molecule has 0 aromatic heterocycles. The highest BCUT2D eigenvalue weighted by Crippen LogP contribution is 2.17. The van der Waals surface area contributed by atoms with Crippen LogP contribution in [0.15, 0.2) is 0 Å². The molecular weight excluding hydrogens is 174 g/mol. The summed E-state index contributed by atoms with van der Waals surface area (Å²) in [6.45, 7) is 11.4. The Morgan fingerprint density at radius 2 is 1.86 bits per heavy atom. The Labute approximate surface area is 87.1 Å². The first-order valence-electron chi connectivity index (χ1n) is 5.32. The van der Waals surface area contributed by atoms with Gasteiger partial charge in [0.05, 0.1) is 11.5 Å². The van der Waals surface area contributed by atoms with E-state index in [1.165, 1.54) is 0 Å². The molecule has 0 spiro atoms. The Hall–Kier alpha value is -0.590. The van der Waals surface area contributed by atoms with Crippen molar-refractivity contribution in [3.8, 4) is 6.07 Å². The first kappa shape index (κ1) is 11.5. The molecule has 0 aliphatic carbocycles. The van der Waals surface area contributed by atoms with Crippen LogP contribution in [0.4, 0.5) is 0 Å².